The summed E-state index contributed by atoms with van der Waals surface area (Å²) in [5, 5.41) is 9.62. The molecule has 132 valence electrons. The first kappa shape index (κ1) is 17.8. The van der Waals surface area contributed by atoms with E-state index in [1.807, 2.05) is 38.1 Å². The highest BCUT2D eigenvalue weighted by molar-refractivity contribution is 7.25. The molecule has 0 aliphatic rings. The number of nitrogens with zero attached hydrogens (tertiary/aromatic N) is 5. The highest BCUT2D eigenvalue weighted by Crippen LogP contribution is 2.35. The van der Waals surface area contributed by atoms with Crippen LogP contribution in [0.3, 0.4) is 0 Å². The molecule has 0 aliphatic carbocycles. The predicted molar refractivity (Wildman–Crippen MR) is 107 cm³/mol. The number of aromatic nitrogens is 3. The summed E-state index contributed by atoms with van der Waals surface area (Å²) in [6, 6.07) is 3.99. The Balaban J connectivity index is 2.25. The van der Waals surface area contributed by atoms with Crippen LogP contribution >= 0.6 is 11.3 Å². The van der Waals surface area contributed by atoms with E-state index in [0.717, 1.165) is 28.0 Å². The monoisotopic (exact) mass is 365 g/mol. The van der Waals surface area contributed by atoms with E-state index in [2.05, 4.69) is 16.0 Å². The summed E-state index contributed by atoms with van der Waals surface area (Å²) in [7, 11) is 3.92. The first-order valence-corrected chi connectivity index (χ1v) is 9.10. The Labute approximate surface area is 155 Å². The average Bonchev–Trinajstić information content (AvgIpc) is 3.01. The van der Waals surface area contributed by atoms with Gasteiger partial charge in [0, 0.05) is 26.0 Å². The van der Waals surface area contributed by atoms with Gasteiger partial charge in [-0.1, -0.05) is 19.1 Å². The van der Waals surface area contributed by atoms with Gasteiger partial charge in [0.1, 0.15) is 15.9 Å². The number of allylic oxidation sites excluding steroid dienone is 4. The lowest BCUT2D eigenvalue weighted by atomic mass is 10.2. The van der Waals surface area contributed by atoms with Gasteiger partial charge < -0.3 is 4.90 Å². The minimum Gasteiger partial charge on any atom is -0.377 e. The third kappa shape index (κ3) is 3.11. The van der Waals surface area contributed by atoms with Crippen molar-refractivity contribution in [1.82, 2.24) is 14.5 Å². The summed E-state index contributed by atoms with van der Waals surface area (Å²) < 4.78 is 2.12. The van der Waals surface area contributed by atoms with Crippen molar-refractivity contribution < 1.29 is 0 Å². The fourth-order valence-corrected chi connectivity index (χ4v) is 3.83. The topological polar surface area (TPSA) is 74.8 Å². The van der Waals surface area contributed by atoms with Gasteiger partial charge in [0.25, 0.3) is 5.56 Å². The van der Waals surface area contributed by atoms with Gasteiger partial charge in [-0.05, 0) is 18.6 Å². The molecule has 0 radical (unpaired) electrons. The molecule has 0 spiro atoms. The second-order valence-corrected chi connectivity index (χ2v) is 6.91. The smallest absolute Gasteiger partial charge is 0.275 e. The van der Waals surface area contributed by atoms with Crippen molar-refractivity contribution in [2.75, 3.05) is 19.0 Å². The molecular weight excluding hydrogens is 346 g/mol. The molecule has 0 atom stereocenters. The van der Waals surface area contributed by atoms with Crippen LogP contribution in [0.4, 0.5) is 5.69 Å². The molecule has 0 bridgehead atoms. The van der Waals surface area contributed by atoms with Crippen LogP contribution in [0.15, 0.2) is 41.6 Å². The first-order valence-electron chi connectivity index (χ1n) is 8.28. The Hall–Kier alpha value is -2.98. The first-order chi connectivity index (χ1) is 12.6. The van der Waals surface area contributed by atoms with Crippen molar-refractivity contribution in [3.05, 3.63) is 47.2 Å². The maximum absolute atomic E-state index is 13.1. The van der Waals surface area contributed by atoms with Gasteiger partial charge in [-0.2, -0.15) is 5.26 Å². The molecule has 7 heteroatoms. The predicted octanol–water partition coefficient (Wildman–Crippen LogP) is 3.79. The van der Waals surface area contributed by atoms with E-state index < -0.39 is 0 Å². The molecule has 0 saturated carbocycles. The number of anilines is 1. The molecule has 0 unspecified atom stereocenters. The molecule has 3 aromatic rings. The number of hydrogen-bond acceptors (Lipinski definition) is 6. The highest BCUT2D eigenvalue weighted by atomic mass is 32.1. The van der Waals surface area contributed by atoms with E-state index in [0.29, 0.717) is 16.6 Å². The fraction of sp³-hybridized carbons (Fsp3) is 0.263. The molecular formula is C19H19N5OS. The van der Waals surface area contributed by atoms with Crippen molar-refractivity contribution in [2.24, 2.45) is 0 Å². The molecule has 0 N–H and O–H groups in total. The van der Waals surface area contributed by atoms with Gasteiger partial charge in [-0.15, -0.1) is 11.3 Å². The van der Waals surface area contributed by atoms with E-state index in [-0.39, 0.29) is 5.56 Å². The van der Waals surface area contributed by atoms with E-state index in [4.69, 9.17) is 5.26 Å². The Morgan fingerprint density at radius 2 is 2.23 bits per heavy atom. The zero-order valence-corrected chi connectivity index (χ0v) is 15.7. The molecule has 0 fully saturated rings. The second-order valence-electron chi connectivity index (χ2n) is 5.91. The second kappa shape index (κ2) is 7.50. The SMILES string of the molecule is CC/C=C(\C=C/CC#N)n1cnc2c(sc3nccc(N(C)C)c32)c1=O. The third-order valence-electron chi connectivity index (χ3n) is 3.93. The third-order valence-corrected chi connectivity index (χ3v) is 5.01. The fourth-order valence-electron chi connectivity index (χ4n) is 2.78. The number of rotatable bonds is 5. The maximum Gasteiger partial charge on any atom is 0.275 e. The van der Waals surface area contributed by atoms with Gasteiger partial charge in [0.05, 0.1) is 29.1 Å². The van der Waals surface area contributed by atoms with Crippen LogP contribution in [0.1, 0.15) is 19.8 Å². The lowest BCUT2D eigenvalue weighted by Gasteiger charge is -2.13. The summed E-state index contributed by atoms with van der Waals surface area (Å²) in [4.78, 5) is 24.9. The van der Waals surface area contributed by atoms with Crippen LogP contribution in [-0.2, 0) is 0 Å². The van der Waals surface area contributed by atoms with Gasteiger partial charge in [0.15, 0.2) is 0 Å². The minimum absolute atomic E-state index is 0.121. The maximum atomic E-state index is 13.1. The van der Waals surface area contributed by atoms with Crippen molar-refractivity contribution in [2.45, 2.75) is 19.8 Å². The zero-order valence-electron chi connectivity index (χ0n) is 14.9. The minimum atomic E-state index is -0.121. The van der Waals surface area contributed by atoms with Crippen LogP contribution in [0.2, 0.25) is 0 Å². The molecule has 26 heavy (non-hydrogen) atoms. The molecule has 3 rings (SSSR count). The van der Waals surface area contributed by atoms with Gasteiger partial charge >= 0.3 is 0 Å². The molecule has 3 aromatic heterocycles. The Bertz CT molecular complexity index is 1110. The van der Waals surface area contributed by atoms with Crippen molar-refractivity contribution in [3.8, 4) is 6.07 Å². The molecule has 3 heterocycles. The van der Waals surface area contributed by atoms with E-state index in [1.54, 1.807) is 24.7 Å². The quantitative estimate of drug-likeness (QED) is 0.643. The Kier molecular flexibility index (Phi) is 5.14. The van der Waals surface area contributed by atoms with Gasteiger partial charge in [-0.25, -0.2) is 9.97 Å². The van der Waals surface area contributed by atoms with E-state index in [9.17, 15) is 4.79 Å². The normalized spacial score (nSPS) is 12.2. The zero-order chi connectivity index (χ0) is 18.7. The number of pyridine rings is 1. The van der Waals surface area contributed by atoms with Crippen LogP contribution < -0.4 is 10.5 Å². The molecule has 0 aliphatic heterocycles. The average molecular weight is 365 g/mol. The number of hydrogen-bond donors (Lipinski definition) is 0. The van der Waals surface area contributed by atoms with Crippen LogP contribution in [-0.4, -0.2) is 28.6 Å². The molecule has 6 nitrogen and oxygen atoms in total. The summed E-state index contributed by atoms with van der Waals surface area (Å²) in [5.74, 6) is 0. The summed E-state index contributed by atoms with van der Waals surface area (Å²) >= 11 is 1.36. The Morgan fingerprint density at radius 1 is 1.42 bits per heavy atom. The summed E-state index contributed by atoms with van der Waals surface area (Å²) in [5.41, 5.74) is 2.27. The summed E-state index contributed by atoms with van der Waals surface area (Å²) in [6.07, 6.45) is 9.85. The molecule has 0 aromatic carbocycles. The Morgan fingerprint density at radius 3 is 2.92 bits per heavy atom. The standard InChI is InChI=1S/C19H19N5OS/c1-4-7-13(8-5-6-10-20)24-12-22-16-15-14(23(2)3)9-11-21-18(15)26-17(16)19(24)25/h5,7-9,11-12H,4,6H2,1-3H3/b8-5-,13-7+. The van der Waals surface area contributed by atoms with Crippen LogP contribution in [0.5, 0.6) is 0 Å². The lowest BCUT2D eigenvalue weighted by molar-refractivity contribution is 0.989. The van der Waals surface area contributed by atoms with E-state index >= 15 is 0 Å². The van der Waals surface area contributed by atoms with Crippen molar-refractivity contribution >= 4 is 43.2 Å². The largest absolute Gasteiger partial charge is 0.377 e. The molecule has 0 amide bonds. The number of fused-ring (bicyclic) bond motifs is 3. The van der Waals surface area contributed by atoms with Gasteiger partial charge in [-0.3, -0.25) is 9.36 Å². The molecule has 0 saturated heterocycles. The highest BCUT2D eigenvalue weighted by Gasteiger charge is 2.16. The van der Waals surface area contributed by atoms with Crippen LogP contribution in [0, 0.1) is 11.3 Å². The summed E-state index contributed by atoms with van der Waals surface area (Å²) in [6.45, 7) is 2.00. The number of thiophene rings is 1. The van der Waals surface area contributed by atoms with E-state index in [1.165, 1.54) is 15.9 Å². The van der Waals surface area contributed by atoms with Crippen molar-refractivity contribution in [1.29, 1.82) is 5.26 Å². The van der Waals surface area contributed by atoms with Gasteiger partial charge in [0.2, 0.25) is 0 Å². The van der Waals surface area contributed by atoms with Crippen LogP contribution in [0.25, 0.3) is 26.1 Å². The van der Waals surface area contributed by atoms with Crippen molar-refractivity contribution in [3.63, 3.8) is 0 Å². The lowest BCUT2D eigenvalue weighted by Crippen LogP contribution is -2.18. The number of nitriles is 1.